The van der Waals surface area contributed by atoms with Crippen LogP contribution >= 0.6 is 23.6 Å². The van der Waals surface area contributed by atoms with Gasteiger partial charge in [0.1, 0.15) is 21.6 Å². The van der Waals surface area contributed by atoms with Crippen LogP contribution in [0.25, 0.3) is 16.9 Å². The van der Waals surface area contributed by atoms with E-state index in [1.54, 1.807) is 37.3 Å². The van der Waals surface area contributed by atoms with E-state index in [-0.39, 0.29) is 92.0 Å². The maximum atomic E-state index is 11.9. The van der Waals surface area contributed by atoms with E-state index in [2.05, 4.69) is 34.1 Å². The molecule has 0 aliphatic heterocycles. The molecule has 0 saturated heterocycles. The summed E-state index contributed by atoms with van der Waals surface area (Å²) >= 11 is 1.53. The summed E-state index contributed by atoms with van der Waals surface area (Å²) < 4.78 is 45.2. The second-order valence-corrected chi connectivity index (χ2v) is 9.34. The zero-order chi connectivity index (χ0) is 24.3. The van der Waals surface area contributed by atoms with E-state index in [0.29, 0.717) is 23.4 Å². The molecule has 2 heterocycles. The van der Waals surface area contributed by atoms with Gasteiger partial charge in [0.2, 0.25) is 5.13 Å². The quantitative estimate of drug-likeness (QED) is 0.0566. The van der Waals surface area contributed by atoms with Crippen molar-refractivity contribution in [2.45, 2.75) is 16.7 Å². The summed E-state index contributed by atoms with van der Waals surface area (Å²) in [5.74, 6) is 0.423. The Hall–Kier alpha value is -1.25. The van der Waals surface area contributed by atoms with Gasteiger partial charge in [0.15, 0.2) is 11.5 Å². The maximum Gasteiger partial charge on any atom is 1.00 e. The number of nitrogens with zero attached hydrogens (tertiary/aromatic N) is 6. The summed E-state index contributed by atoms with van der Waals surface area (Å²) in [6.07, 6.45) is 0. The van der Waals surface area contributed by atoms with E-state index in [9.17, 15) is 18.2 Å². The van der Waals surface area contributed by atoms with Gasteiger partial charge in [-0.05, 0) is 25.1 Å². The maximum absolute atomic E-state index is 11.9. The molecule has 0 spiro atoms. The fourth-order valence-corrected chi connectivity index (χ4v) is 4.42. The number of nitrogen functional groups attached to an aromatic ring is 1. The minimum Gasteiger partial charge on any atom is -0.744 e. The van der Waals surface area contributed by atoms with Gasteiger partial charge in [0.05, 0.1) is 22.6 Å². The smallest absolute Gasteiger partial charge is 0.744 e. The molecule has 2 aromatic carbocycles. The summed E-state index contributed by atoms with van der Waals surface area (Å²) in [5, 5.41) is 26.4. The number of azo groups is 1. The predicted octanol–water partition coefficient (Wildman–Crippen LogP) is -3.16. The van der Waals surface area contributed by atoms with Gasteiger partial charge < -0.3 is 15.5 Å². The minimum absolute atomic E-state index is 0. The molecule has 0 amide bonds. The molecule has 2 N–H and O–H groups in total. The minimum atomic E-state index is -4.94. The van der Waals surface area contributed by atoms with Crippen molar-refractivity contribution in [2.24, 2.45) is 10.2 Å². The van der Waals surface area contributed by atoms with Crippen LogP contribution in [0.5, 0.6) is 0 Å². The molecule has 0 atom stereocenters. The molecule has 0 aliphatic carbocycles. The second-order valence-electron chi connectivity index (χ2n) is 6.49. The van der Waals surface area contributed by atoms with Crippen LogP contribution in [-0.2, 0) is 19.5 Å². The van der Waals surface area contributed by atoms with Gasteiger partial charge in [-0.1, -0.05) is 30.3 Å². The molecule has 18 heteroatoms. The Balaban J connectivity index is 0.00000228. The third kappa shape index (κ3) is 7.19. The van der Waals surface area contributed by atoms with E-state index in [0.717, 1.165) is 22.3 Å². The summed E-state index contributed by atoms with van der Waals surface area (Å²) in [6, 6.07) is 12.4. The van der Waals surface area contributed by atoms with E-state index >= 15 is 0 Å². The van der Waals surface area contributed by atoms with Crippen molar-refractivity contribution in [3.63, 3.8) is 0 Å². The van der Waals surface area contributed by atoms with Crippen molar-refractivity contribution in [3.8, 4) is 16.9 Å². The SMILES string of the molecule is Cc1nsc(N=Nc2c(-c3ccccc3)nn(-c3cc(SOO[O-])ccc3S(=O)(=O)[O-])c2N)n1.[Na+].[Na+]. The number of nitrogens with two attached hydrogens (primary N) is 1. The Kier molecular flexibility index (Phi) is 11.6. The van der Waals surface area contributed by atoms with Gasteiger partial charge in [0.25, 0.3) is 0 Å². The molecule has 0 fully saturated rings. The Morgan fingerprint density at radius 1 is 1.14 bits per heavy atom. The molecule has 0 unspecified atom stereocenters. The molecule has 4 rings (SSSR count). The van der Waals surface area contributed by atoms with Gasteiger partial charge in [0, 0.05) is 22.0 Å². The first-order valence-electron chi connectivity index (χ1n) is 9.17. The first kappa shape index (κ1) is 31.0. The summed E-state index contributed by atoms with van der Waals surface area (Å²) in [5.41, 5.74) is 7.12. The van der Waals surface area contributed by atoms with Gasteiger partial charge in [-0.2, -0.15) is 13.8 Å². The molecule has 4 aromatic rings. The normalized spacial score (nSPS) is 11.3. The molecule has 0 bridgehead atoms. The third-order valence-electron chi connectivity index (χ3n) is 4.28. The van der Waals surface area contributed by atoms with Crippen LogP contribution in [-0.4, -0.2) is 32.1 Å². The van der Waals surface area contributed by atoms with Crippen LogP contribution in [0.1, 0.15) is 5.82 Å². The molecule has 0 aliphatic rings. The Bertz CT molecular complexity index is 1470. The number of hydrogen-bond acceptors (Lipinski definition) is 14. The summed E-state index contributed by atoms with van der Waals surface area (Å²) in [6.45, 7) is 1.70. The Morgan fingerprint density at radius 3 is 2.47 bits per heavy atom. The third-order valence-corrected chi connectivity index (χ3v) is 6.43. The number of aryl methyl sites for hydroxylation is 1. The molecular weight excluding hydrogens is 552 g/mol. The first-order chi connectivity index (χ1) is 16.3. The van der Waals surface area contributed by atoms with Gasteiger partial charge >= 0.3 is 59.1 Å². The number of benzene rings is 2. The summed E-state index contributed by atoms with van der Waals surface area (Å²) in [7, 11) is -4.94. The van der Waals surface area contributed by atoms with Crippen molar-refractivity contribution >= 4 is 50.3 Å². The first-order valence-corrected chi connectivity index (χ1v) is 12.1. The largest absolute Gasteiger partial charge is 1.00 e. The van der Waals surface area contributed by atoms with E-state index in [1.165, 1.54) is 12.1 Å². The molecule has 176 valence electrons. The standard InChI is InChI=1S/C18H15N7O6S3.2Na/c1-10-20-18(32-24-10)22-21-16-15(11-5-3-2-4-6-11)23-25(17(16)19)13-9-12(33-31-30-26)7-8-14(13)34(27,28)29;;/h2-9,26H,19H2,1H3,(H,27,28,29);;/q;2*+1/p-2. The van der Waals surface area contributed by atoms with E-state index in [4.69, 9.17) is 5.73 Å². The molecule has 36 heavy (non-hydrogen) atoms. The number of anilines is 1. The zero-order valence-corrected chi connectivity index (χ0v) is 25.5. The fraction of sp³-hybridized carbons (Fsp3) is 0.0556. The van der Waals surface area contributed by atoms with Crippen LogP contribution in [0.15, 0.2) is 68.6 Å². The van der Waals surface area contributed by atoms with Gasteiger partial charge in [-0.25, -0.2) is 18.1 Å². The van der Waals surface area contributed by atoms with E-state index in [1.807, 2.05) is 0 Å². The van der Waals surface area contributed by atoms with Crippen molar-refractivity contribution in [1.29, 1.82) is 0 Å². The molecular formula is C18H13N7Na2O6S3. The second kappa shape index (κ2) is 13.5. The molecule has 0 radical (unpaired) electrons. The van der Waals surface area contributed by atoms with Crippen LogP contribution in [0.2, 0.25) is 0 Å². The topological polar surface area (TPSA) is 193 Å². The number of hydrogen-bond donors (Lipinski definition) is 1. The van der Waals surface area contributed by atoms with Gasteiger partial charge in [-0.3, -0.25) is 5.04 Å². The van der Waals surface area contributed by atoms with Crippen LogP contribution in [0.3, 0.4) is 0 Å². The zero-order valence-electron chi connectivity index (χ0n) is 19.1. The van der Waals surface area contributed by atoms with Crippen molar-refractivity contribution in [1.82, 2.24) is 19.1 Å². The average Bonchev–Trinajstić information content (AvgIpc) is 3.38. The van der Waals surface area contributed by atoms with Crippen LogP contribution < -0.4 is 70.1 Å². The Labute approximate surface area is 257 Å². The molecule has 2 aromatic heterocycles. The number of aromatic nitrogens is 4. The average molecular weight is 566 g/mol. The monoisotopic (exact) mass is 565 g/mol. The van der Waals surface area contributed by atoms with Gasteiger partial charge in [-0.15, -0.1) is 10.2 Å². The fourth-order valence-electron chi connectivity index (χ4n) is 2.89. The molecule has 13 nitrogen and oxygen atoms in total. The van der Waals surface area contributed by atoms with Crippen molar-refractivity contribution in [3.05, 3.63) is 54.4 Å². The van der Waals surface area contributed by atoms with Crippen LogP contribution in [0, 0.1) is 6.92 Å². The van der Waals surface area contributed by atoms with E-state index < -0.39 is 15.0 Å². The summed E-state index contributed by atoms with van der Waals surface area (Å²) in [4.78, 5) is 3.75. The van der Waals surface area contributed by atoms with Crippen LogP contribution in [0.4, 0.5) is 16.6 Å². The van der Waals surface area contributed by atoms with Crippen molar-refractivity contribution < 1.29 is 86.7 Å². The van der Waals surface area contributed by atoms with Crippen molar-refractivity contribution in [2.75, 3.05) is 5.73 Å². The number of rotatable bonds is 8. The molecule has 0 saturated carbocycles. The predicted molar refractivity (Wildman–Crippen MR) is 118 cm³/mol. The Morgan fingerprint density at radius 2 is 1.86 bits per heavy atom.